The third-order valence-corrected chi connectivity index (χ3v) is 6.82. The Labute approximate surface area is 166 Å². The van der Waals surface area contributed by atoms with Gasteiger partial charge in [0.05, 0.1) is 10.8 Å². The SMILES string of the molecule is CC(Sc1nnc(-c2ccccc2Br)o1)C(=O)NC1CCCC(C)C1C. The van der Waals surface area contributed by atoms with Gasteiger partial charge in [-0.1, -0.05) is 50.6 Å². The minimum atomic E-state index is -0.285. The fourth-order valence-corrected chi connectivity index (χ4v) is 4.44. The number of nitrogens with one attached hydrogen (secondary N) is 1. The summed E-state index contributed by atoms with van der Waals surface area (Å²) in [5, 5.41) is 11.5. The van der Waals surface area contributed by atoms with Crippen LogP contribution in [0.5, 0.6) is 0 Å². The molecule has 2 aromatic rings. The van der Waals surface area contributed by atoms with Gasteiger partial charge >= 0.3 is 0 Å². The second kappa shape index (κ2) is 8.57. The number of rotatable bonds is 5. The molecule has 1 aliphatic rings. The van der Waals surface area contributed by atoms with Gasteiger partial charge in [-0.05, 0) is 53.2 Å². The topological polar surface area (TPSA) is 68.0 Å². The van der Waals surface area contributed by atoms with Crippen molar-refractivity contribution in [3.8, 4) is 11.5 Å². The normalized spacial score (nSPS) is 24.2. The van der Waals surface area contributed by atoms with Crippen LogP contribution in [0.15, 0.2) is 38.4 Å². The van der Waals surface area contributed by atoms with Gasteiger partial charge in [-0.25, -0.2) is 0 Å². The van der Waals surface area contributed by atoms with Gasteiger partial charge in [0.1, 0.15) is 0 Å². The van der Waals surface area contributed by atoms with E-state index in [4.69, 9.17) is 4.42 Å². The van der Waals surface area contributed by atoms with Crippen LogP contribution >= 0.6 is 27.7 Å². The Hall–Kier alpha value is -1.34. The van der Waals surface area contributed by atoms with Crippen LogP contribution in [-0.2, 0) is 4.79 Å². The Morgan fingerprint density at radius 2 is 2.08 bits per heavy atom. The molecule has 140 valence electrons. The van der Waals surface area contributed by atoms with Gasteiger partial charge in [0.15, 0.2) is 0 Å². The summed E-state index contributed by atoms with van der Waals surface area (Å²) in [7, 11) is 0. The van der Waals surface area contributed by atoms with Crippen LogP contribution in [0.2, 0.25) is 0 Å². The Balaban J connectivity index is 1.60. The molecule has 1 heterocycles. The minimum absolute atomic E-state index is 0.0293. The van der Waals surface area contributed by atoms with Crippen LogP contribution in [-0.4, -0.2) is 27.4 Å². The number of carbonyl (C=O) groups is 1. The van der Waals surface area contributed by atoms with E-state index < -0.39 is 0 Å². The third-order valence-electron chi connectivity index (χ3n) is 5.19. The van der Waals surface area contributed by atoms with Gasteiger partial charge in [0, 0.05) is 10.5 Å². The van der Waals surface area contributed by atoms with Gasteiger partial charge in [0.25, 0.3) is 5.22 Å². The molecule has 3 rings (SSSR count). The van der Waals surface area contributed by atoms with E-state index in [2.05, 4.69) is 45.3 Å². The smallest absolute Gasteiger partial charge is 0.277 e. The van der Waals surface area contributed by atoms with Crippen molar-refractivity contribution in [3.63, 3.8) is 0 Å². The second-order valence-electron chi connectivity index (χ2n) is 7.00. The number of nitrogens with zero attached hydrogens (tertiary/aromatic N) is 2. The van der Waals surface area contributed by atoms with Crippen LogP contribution in [0, 0.1) is 11.8 Å². The fourth-order valence-electron chi connectivity index (χ4n) is 3.29. The summed E-state index contributed by atoms with van der Waals surface area (Å²) in [5.74, 6) is 1.64. The highest BCUT2D eigenvalue weighted by molar-refractivity contribution is 9.10. The van der Waals surface area contributed by atoms with Crippen molar-refractivity contribution in [3.05, 3.63) is 28.7 Å². The van der Waals surface area contributed by atoms with Gasteiger partial charge in [0.2, 0.25) is 11.8 Å². The van der Waals surface area contributed by atoms with E-state index in [-0.39, 0.29) is 17.2 Å². The molecule has 0 radical (unpaired) electrons. The van der Waals surface area contributed by atoms with E-state index in [0.717, 1.165) is 16.5 Å². The number of halogens is 1. The molecule has 4 unspecified atom stereocenters. The number of aromatic nitrogens is 2. The molecule has 0 saturated heterocycles. The first-order chi connectivity index (χ1) is 12.5. The zero-order valence-corrected chi connectivity index (χ0v) is 17.6. The standard InChI is InChI=1S/C19H24BrN3O2S/c1-11-7-6-10-16(12(11)2)21-17(24)13(3)26-19-23-22-18(25-19)14-8-4-5-9-15(14)20/h4-5,8-9,11-13,16H,6-7,10H2,1-3H3,(H,21,24). The number of hydrogen-bond donors (Lipinski definition) is 1. The summed E-state index contributed by atoms with van der Waals surface area (Å²) in [5.41, 5.74) is 0.842. The minimum Gasteiger partial charge on any atom is -0.411 e. The molecule has 1 aromatic carbocycles. The lowest BCUT2D eigenvalue weighted by molar-refractivity contribution is -0.121. The number of hydrogen-bond acceptors (Lipinski definition) is 5. The number of carbonyl (C=O) groups excluding carboxylic acids is 1. The maximum atomic E-state index is 12.6. The Kier molecular flexibility index (Phi) is 6.40. The molecule has 1 amide bonds. The molecule has 7 heteroatoms. The van der Waals surface area contributed by atoms with Crippen LogP contribution in [0.4, 0.5) is 0 Å². The van der Waals surface area contributed by atoms with Crippen molar-refractivity contribution in [2.24, 2.45) is 11.8 Å². The first-order valence-electron chi connectivity index (χ1n) is 9.01. The molecule has 26 heavy (non-hydrogen) atoms. The lowest BCUT2D eigenvalue weighted by Gasteiger charge is -2.35. The molecular weight excluding hydrogens is 414 g/mol. The maximum Gasteiger partial charge on any atom is 0.277 e. The predicted octanol–water partition coefficient (Wildman–Crippen LogP) is 4.92. The molecule has 1 aromatic heterocycles. The monoisotopic (exact) mass is 437 g/mol. The van der Waals surface area contributed by atoms with Gasteiger partial charge in [-0.15, -0.1) is 10.2 Å². The zero-order chi connectivity index (χ0) is 18.7. The van der Waals surface area contributed by atoms with Gasteiger partial charge < -0.3 is 9.73 Å². The first kappa shape index (κ1) is 19.4. The van der Waals surface area contributed by atoms with Crippen molar-refractivity contribution in [1.29, 1.82) is 0 Å². The average molecular weight is 438 g/mol. The quantitative estimate of drug-likeness (QED) is 0.672. The van der Waals surface area contributed by atoms with E-state index in [1.165, 1.54) is 24.6 Å². The van der Waals surface area contributed by atoms with Gasteiger partial charge in [-0.3, -0.25) is 4.79 Å². The summed E-state index contributed by atoms with van der Waals surface area (Å²) in [6.45, 7) is 6.37. The molecular formula is C19H24BrN3O2S. The van der Waals surface area contributed by atoms with Crippen molar-refractivity contribution in [2.75, 3.05) is 0 Å². The lowest BCUT2D eigenvalue weighted by atomic mass is 9.78. The van der Waals surface area contributed by atoms with Crippen LogP contribution in [0.3, 0.4) is 0 Å². The average Bonchev–Trinajstić information content (AvgIpc) is 3.07. The molecule has 4 atom stereocenters. The van der Waals surface area contributed by atoms with E-state index >= 15 is 0 Å². The summed E-state index contributed by atoms with van der Waals surface area (Å²) in [4.78, 5) is 12.6. The Bertz CT molecular complexity index is 767. The van der Waals surface area contributed by atoms with Crippen molar-refractivity contribution in [2.45, 2.75) is 56.5 Å². The molecule has 5 nitrogen and oxygen atoms in total. The molecule has 0 aliphatic heterocycles. The highest BCUT2D eigenvalue weighted by Crippen LogP contribution is 2.32. The number of amides is 1. The molecule has 0 spiro atoms. The predicted molar refractivity (Wildman–Crippen MR) is 107 cm³/mol. The van der Waals surface area contributed by atoms with Crippen LogP contribution in [0.1, 0.15) is 40.0 Å². The summed E-state index contributed by atoms with van der Waals surface area (Å²) < 4.78 is 6.63. The molecule has 0 bridgehead atoms. The molecule has 1 saturated carbocycles. The van der Waals surface area contributed by atoms with E-state index in [1.54, 1.807) is 0 Å². The fraction of sp³-hybridized carbons (Fsp3) is 0.526. The first-order valence-corrected chi connectivity index (χ1v) is 10.7. The highest BCUT2D eigenvalue weighted by atomic mass is 79.9. The Morgan fingerprint density at radius 3 is 2.85 bits per heavy atom. The number of thioether (sulfide) groups is 1. The van der Waals surface area contributed by atoms with Crippen molar-refractivity contribution < 1.29 is 9.21 Å². The van der Waals surface area contributed by atoms with Crippen molar-refractivity contribution in [1.82, 2.24) is 15.5 Å². The van der Waals surface area contributed by atoms with E-state index in [1.807, 2.05) is 31.2 Å². The van der Waals surface area contributed by atoms with E-state index in [0.29, 0.717) is 22.9 Å². The molecule has 1 fully saturated rings. The summed E-state index contributed by atoms with van der Waals surface area (Å²) >= 11 is 4.78. The van der Waals surface area contributed by atoms with E-state index in [9.17, 15) is 4.79 Å². The summed E-state index contributed by atoms with van der Waals surface area (Å²) in [6.07, 6.45) is 3.48. The lowest BCUT2D eigenvalue weighted by Crippen LogP contribution is -2.46. The van der Waals surface area contributed by atoms with Crippen LogP contribution in [0.25, 0.3) is 11.5 Å². The number of benzene rings is 1. The van der Waals surface area contributed by atoms with Gasteiger partial charge in [-0.2, -0.15) is 0 Å². The van der Waals surface area contributed by atoms with Crippen LogP contribution < -0.4 is 5.32 Å². The third kappa shape index (κ3) is 4.49. The maximum absolute atomic E-state index is 12.6. The second-order valence-corrected chi connectivity index (χ2v) is 9.14. The molecule has 1 aliphatic carbocycles. The zero-order valence-electron chi connectivity index (χ0n) is 15.2. The summed E-state index contributed by atoms with van der Waals surface area (Å²) in [6, 6.07) is 7.94. The molecule has 1 N–H and O–H groups in total. The Morgan fingerprint density at radius 1 is 1.31 bits per heavy atom. The van der Waals surface area contributed by atoms with Crippen molar-refractivity contribution >= 4 is 33.6 Å². The highest BCUT2D eigenvalue weighted by Gasteiger charge is 2.30. The largest absolute Gasteiger partial charge is 0.411 e.